The lowest BCUT2D eigenvalue weighted by atomic mass is 10.3. The minimum absolute atomic E-state index is 0.244. The third-order valence-corrected chi connectivity index (χ3v) is 2.55. The van der Waals surface area contributed by atoms with Gasteiger partial charge in [-0.25, -0.2) is 18.2 Å². The monoisotopic (exact) mass is 224 g/mol. The number of nitrogens with two attached hydrogens (primary N) is 1. The summed E-state index contributed by atoms with van der Waals surface area (Å²) in [6.07, 6.45) is 1.27. The van der Waals surface area contributed by atoms with Crippen LogP contribution in [0.2, 0.25) is 0 Å². The zero-order chi connectivity index (χ0) is 10.9. The van der Waals surface area contributed by atoms with E-state index in [-0.39, 0.29) is 5.03 Å². The van der Waals surface area contributed by atoms with Crippen LogP contribution in [0.4, 0.5) is 0 Å². The van der Waals surface area contributed by atoms with E-state index in [9.17, 15) is 8.42 Å². The first-order valence-electron chi connectivity index (χ1n) is 4.08. The summed E-state index contributed by atoms with van der Waals surface area (Å²) in [7, 11) is -3.78. The fourth-order valence-corrected chi connectivity index (χ4v) is 1.48. The highest BCUT2D eigenvalue weighted by atomic mass is 32.2. The summed E-state index contributed by atoms with van der Waals surface area (Å²) in [6.45, 7) is 0. The fourth-order valence-electron chi connectivity index (χ4n) is 1.09. The lowest BCUT2D eigenvalue weighted by molar-refractivity contribution is 0.593. The number of primary sulfonamides is 1. The summed E-state index contributed by atoms with van der Waals surface area (Å²) in [4.78, 5) is 0. The maximum atomic E-state index is 10.9. The molecule has 2 rings (SSSR count). The molecule has 0 saturated carbocycles. The van der Waals surface area contributed by atoms with E-state index in [1.165, 1.54) is 10.9 Å². The van der Waals surface area contributed by atoms with Crippen LogP contribution >= 0.6 is 0 Å². The molecule has 0 fully saturated rings. The minimum Gasteiger partial charge on any atom is -0.223 e. The molecule has 7 heteroatoms. The Labute approximate surface area is 86.4 Å². The molecule has 0 spiro atoms. The normalized spacial score (nSPS) is 11.5. The largest absolute Gasteiger partial charge is 0.259 e. The molecule has 15 heavy (non-hydrogen) atoms. The van der Waals surface area contributed by atoms with Gasteiger partial charge in [-0.1, -0.05) is 23.4 Å². The molecule has 0 aliphatic carbocycles. The Morgan fingerprint density at radius 2 is 1.87 bits per heavy atom. The predicted molar refractivity (Wildman–Crippen MR) is 52.7 cm³/mol. The molecule has 6 nitrogen and oxygen atoms in total. The second-order valence-electron chi connectivity index (χ2n) is 2.88. The highest BCUT2D eigenvalue weighted by Gasteiger charge is 2.12. The van der Waals surface area contributed by atoms with Crippen LogP contribution in [0.3, 0.4) is 0 Å². The molecule has 0 aliphatic rings. The zero-order valence-corrected chi connectivity index (χ0v) is 8.42. The van der Waals surface area contributed by atoms with Crippen LogP contribution in [0.1, 0.15) is 0 Å². The Balaban J connectivity index is 2.46. The second-order valence-corrected chi connectivity index (χ2v) is 4.39. The van der Waals surface area contributed by atoms with E-state index in [1.54, 1.807) is 12.1 Å². The van der Waals surface area contributed by atoms with Gasteiger partial charge in [-0.15, -0.1) is 5.10 Å². The van der Waals surface area contributed by atoms with Gasteiger partial charge in [-0.2, -0.15) is 0 Å². The van der Waals surface area contributed by atoms with Crippen LogP contribution in [0.25, 0.3) is 5.69 Å². The Hall–Kier alpha value is -1.73. The van der Waals surface area contributed by atoms with Crippen LogP contribution < -0.4 is 5.14 Å². The third-order valence-electron chi connectivity index (χ3n) is 1.78. The van der Waals surface area contributed by atoms with Gasteiger partial charge in [0.2, 0.25) is 5.03 Å². The molecular formula is C8H8N4O2S. The first kappa shape index (κ1) is 9.81. The summed E-state index contributed by atoms with van der Waals surface area (Å²) in [5.74, 6) is 0. The second kappa shape index (κ2) is 3.44. The number of aromatic nitrogens is 3. The van der Waals surface area contributed by atoms with Gasteiger partial charge in [0.25, 0.3) is 10.0 Å². The summed E-state index contributed by atoms with van der Waals surface area (Å²) >= 11 is 0. The number of hydrogen-bond donors (Lipinski definition) is 1. The van der Waals surface area contributed by atoms with Crippen LogP contribution in [-0.2, 0) is 10.0 Å². The molecule has 0 radical (unpaired) electrons. The minimum atomic E-state index is -3.78. The lowest BCUT2D eigenvalue weighted by Crippen LogP contribution is -2.12. The van der Waals surface area contributed by atoms with Crippen molar-refractivity contribution in [2.24, 2.45) is 5.14 Å². The van der Waals surface area contributed by atoms with Crippen molar-refractivity contribution in [1.82, 2.24) is 15.0 Å². The first-order chi connectivity index (χ1) is 7.07. The van der Waals surface area contributed by atoms with Crippen molar-refractivity contribution < 1.29 is 8.42 Å². The van der Waals surface area contributed by atoms with Gasteiger partial charge < -0.3 is 0 Å². The van der Waals surface area contributed by atoms with E-state index in [4.69, 9.17) is 5.14 Å². The fraction of sp³-hybridized carbons (Fsp3) is 0. The van der Waals surface area contributed by atoms with Gasteiger partial charge in [0, 0.05) is 0 Å². The van der Waals surface area contributed by atoms with Crippen LogP contribution in [0, 0.1) is 0 Å². The van der Waals surface area contributed by atoms with Crippen molar-refractivity contribution in [2.75, 3.05) is 0 Å². The van der Waals surface area contributed by atoms with Crippen molar-refractivity contribution in [3.05, 3.63) is 36.5 Å². The maximum Gasteiger partial charge on any atom is 0.259 e. The number of benzene rings is 1. The van der Waals surface area contributed by atoms with Gasteiger partial charge in [-0.3, -0.25) is 0 Å². The Kier molecular flexibility index (Phi) is 2.25. The number of sulfonamides is 1. The van der Waals surface area contributed by atoms with Crippen molar-refractivity contribution in [3.63, 3.8) is 0 Å². The molecule has 2 N–H and O–H groups in total. The van der Waals surface area contributed by atoms with E-state index >= 15 is 0 Å². The Morgan fingerprint density at radius 1 is 1.20 bits per heavy atom. The summed E-state index contributed by atoms with van der Waals surface area (Å²) in [6, 6.07) is 9.03. The van der Waals surface area contributed by atoms with Gasteiger partial charge in [0.05, 0.1) is 11.9 Å². The van der Waals surface area contributed by atoms with Crippen LogP contribution in [0.5, 0.6) is 0 Å². The molecule has 0 amide bonds. The van der Waals surface area contributed by atoms with E-state index < -0.39 is 10.0 Å². The van der Waals surface area contributed by atoms with Crippen molar-refractivity contribution in [3.8, 4) is 5.69 Å². The predicted octanol–water partition coefficient (Wildman–Crippen LogP) is -0.0853. The molecule has 0 bridgehead atoms. The number of nitrogens with zero attached hydrogens (tertiary/aromatic N) is 3. The number of rotatable bonds is 2. The smallest absolute Gasteiger partial charge is 0.223 e. The number of para-hydroxylation sites is 1. The van der Waals surface area contributed by atoms with Gasteiger partial charge in [0.1, 0.15) is 0 Å². The maximum absolute atomic E-state index is 10.9. The molecular weight excluding hydrogens is 216 g/mol. The molecule has 1 heterocycles. The van der Waals surface area contributed by atoms with Crippen molar-refractivity contribution in [1.29, 1.82) is 0 Å². The summed E-state index contributed by atoms with van der Waals surface area (Å²) in [5.41, 5.74) is 0.722. The van der Waals surface area contributed by atoms with Crippen molar-refractivity contribution in [2.45, 2.75) is 5.03 Å². The molecule has 78 valence electrons. The highest BCUT2D eigenvalue weighted by molar-refractivity contribution is 7.89. The first-order valence-corrected chi connectivity index (χ1v) is 5.62. The van der Waals surface area contributed by atoms with Gasteiger partial charge >= 0.3 is 0 Å². The molecule has 0 atom stereocenters. The lowest BCUT2D eigenvalue weighted by Gasteiger charge is -1.96. The molecule has 1 aromatic carbocycles. The van der Waals surface area contributed by atoms with Crippen LogP contribution in [0.15, 0.2) is 41.6 Å². The average molecular weight is 224 g/mol. The molecule has 0 unspecified atom stereocenters. The van der Waals surface area contributed by atoms with E-state index in [0.29, 0.717) is 0 Å². The average Bonchev–Trinajstić information content (AvgIpc) is 2.67. The third kappa shape index (κ3) is 2.03. The van der Waals surface area contributed by atoms with Crippen molar-refractivity contribution >= 4 is 10.0 Å². The topological polar surface area (TPSA) is 90.9 Å². The standard InChI is InChI=1S/C8H8N4O2S/c9-15(13,14)8-6-12(11-10-8)7-4-2-1-3-5-7/h1-6H,(H2,9,13,14). The number of hydrogen-bond acceptors (Lipinski definition) is 4. The molecule has 0 saturated heterocycles. The Bertz CT molecular complexity index is 561. The van der Waals surface area contributed by atoms with E-state index in [1.807, 2.05) is 18.2 Å². The SMILES string of the molecule is NS(=O)(=O)c1cn(-c2ccccc2)nn1. The molecule has 2 aromatic rings. The van der Waals surface area contributed by atoms with Crippen LogP contribution in [-0.4, -0.2) is 23.4 Å². The van der Waals surface area contributed by atoms with E-state index in [2.05, 4.69) is 10.3 Å². The Morgan fingerprint density at radius 3 is 2.40 bits per heavy atom. The van der Waals surface area contributed by atoms with Gasteiger partial charge in [-0.05, 0) is 12.1 Å². The quantitative estimate of drug-likeness (QED) is 0.772. The molecule has 0 aliphatic heterocycles. The highest BCUT2D eigenvalue weighted by Crippen LogP contribution is 2.07. The van der Waals surface area contributed by atoms with E-state index in [0.717, 1.165) is 5.69 Å². The summed E-state index contributed by atoms with van der Waals surface area (Å²) < 4.78 is 23.2. The zero-order valence-electron chi connectivity index (χ0n) is 7.61. The summed E-state index contributed by atoms with van der Waals surface area (Å²) in [5, 5.41) is 11.8. The molecule has 1 aromatic heterocycles. The van der Waals surface area contributed by atoms with Gasteiger partial charge in [0.15, 0.2) is 0 Å².